The number of aliphatic hydroxyl groups is 1. The molecule has 2 aliphatic rings. The first-order valence-corrected chi connectivity index (χ1v) is 18.0. The number of fused-ring (bicyclic) bond motifs is 1. The van der Waals surface area contributed by atoms with E-state index in [1.54, 1.807) is 28.7 Å². The lowest BCUT2D eigenvalue weighted by atomic mass is 9.83. The number of ether oxygens (including phenoxy) is 1. The summed E-state index contributed by atoms with van der Waals surface area (Å²) in [6, 6.07) is 12.1. The van der Waals surface area contributed by atoms with Gasteiger partial charge in [0.25, 0.3) is 0 Å². The summed E-state index contributed by atoms with van der Waals surface area (Å²) in [6.07, 6.45) is 11.7. The molecular formula is C37H44N6O5S. The minimum atomic E-state index is -1.03. The Kier molecular flexibility index (Phi) is 11.8. The highest BCUT2D eigenvalue weighted by atomic mass is 32.1. The number of imidazole rings is 1. The number of hydrogen-bond donors (Lipinski definition) is 4. The fourth-order valence-electron chi connectivity index (χ4n) is 6.80. The molecule has 2 aromatic carbocycles. The monoisotopic (exact) mass is 684 g/mol. The van der Waals surface area contributed by atoms with Crippen LogP contribution in [0.3, 0.4) is 0 Å². The highest BCUT2D eigenvalue weighted by Crippen LogP contribution is 2.31. The molecular weight excluding hydrogens is 641 g/mol. The first-order valence-electron chi connectivity index (χ1n) is 17.1. The predicted octanol–water partition coefficient (Wildman–Crippen LogP) is 4.57. The Balaban J connectivity index is 1.27. The molecule has 4 aromatic rings. The first-order chi connectivity index (χ1) is 23.9. The minimum Gasteiger partial charge on any atom is -0.384 e. The summed E-state index contributed by atoms with van der Waals surface area (Å²) in [7, 11) is 0. The Morgan fingerprint density at radius 3 is 2.59 bits per heavy atom. The molecule has 11 nitrogen and oxygen atoms in total. The zero-order valence-corrected chi connectivity index (χ0v) is 28.4. The van der Waals surface area contributed by atoms with E-state index in [0.29, 0.717) is 49.3 Å². The number of nitrogens with zero attached hydrogens (tertiary/aromatic N) is 3. The van der Waals surface area contributed by atoms with Crippen LogP contribution < -0.4 is 10.6 Å². The second-order valence-corrected chi connectivity index (χ2v) is 13.8. The van der Waals surface area contributed by atoms with Crippen LogP contribution in [-0.4, -0.2) is 81.1 Å². The van der Waals surface area contributed by atoms with E-state index >= 15 is 0 Å². The van der Waals surface area contributed by atoms with Crippen molar-refractivity contribution in [2.24, 2.45) is 5.92 Å². The third-order valence-electron chi connectivity index (χ3n) is 9.47. The van der Waals surface area contributed by atoms with Crippen LogP contribution in [0, 0.1) is 5.92 Å². The van der Waals surface area contributed by atoms with Crippen molar-refractivity contribution in [3.05, 3.63) is 88.4 Å². The maximum absolute atomic E-state index is 14.2. The fraction of sp³-hybridized carbons (Fsp3) is 0.432. The van der Waals surface area contributed by atoms with Crippen molar-refractivity contribution in [1.29, 1.82) is 0 Å². The zero-order valence-electron chi connectivity index (χ0n) is 27.6. The van der Waals surface area contributed by atoms with Gasteiger partial charge in [0.2, 0.25) is 17.7 Å². The number of aliphatic hydroxyl groups excluding tert-OH is 1. The van der Waals surface area contributed by atoms with Gasteiger partial charge in [0.05, 0.1) is 37.7 Å². The maximum atomic E-state index is 14.2. The van der Waals surface area contributed by atoms with E-state index in [4.69, 9.17) is 4.74 Å². The smallest absolute Gasteiger partial charge is 0.248 e. The van der Waals surface area contributed by atoms with Crippen LogP contribution in [0.4, 0.5) is 0 Å². The average Bonchev–Trinajstić information content (AvgIpc) is 3.87. The Bertz CT molecular complexity index is 1710. The van der Waals surface area contributed by atoms with E-state index < -0.39 is 30.0 Å². The normalized spacial score (nSPS) is 17.7. The number of carbonyl (C=O) groups is 3. The molecule has 6 rings (SSSR count). The number of aromatic nitrogens is 3. The molecule has 3 amide bonds. The molecule has 258 valence electrons. The number of hydrogen-bond acceptors (Lipinski definition) is 8. The second-order valence-electron chi connectivity index (χ2n) is 12.9. The number of aromatic amines is 1. The molecule has 4 N–H and O–H groups in total. The van der Waals surface area contributed by atoms with Crippen molar-refractivity contribution in [3.63, 3.8) is 0 Å². The minimum absolute atomic E-state index is 0.115. The zero-order chi connectivity index (χ0) is 34.0. The van der Waals surface area contributed by atoms with Crippen LogP contribution in [0.1, 0.15) is 67.3 Å². The largest absolute Gasteiger partial charge is 0.384 e. The fourth-order valence-corrected chi connectivity index (χ4v) is 7.49. The molecule has 1 saturated heterocycles. The number of morpholine rings is 1. The van der Waals surface area contributed by atoms with Crippen LogP contribution in [-0.2, 0) is 25.5 Å². The highest BCUT2D eigenvalue weighted by molar-refractivity contribution is 7.09. The lowest BCUT2D eigenvalue weighted by Gasteiger charge is -2.31. The predicted molar refractivity (Wildman–Crippen MR) is 188 cm³/mol. The van der Waals surface area contributed by atoms with Gasteiger partial charge in [-0.25, -0.2) is 9.97 Å². The summed E-state index contributed by atoms with van der Waals surface area (Å²) in [5.74, 6) is -0.766. The molecule has 1 saturated carbocycles. The van der Waals surface area contributed by atoms with Crippen LogP contribution in [0.5, 0.6) is 0 Å². The van der Waals surface area contributed by atoms with Crippen molar-refractivity contribution >= 4 is 45.9 Å². The number of H-pyrrole nitrogens is 1. The van der Waals surface area contributed by atoms with Crippen LogP contribution in [0.2, 0.25) is 0 Å². The van der Waals surface area contributed by atoms with E-state index in [2.05, 4.69) is 25.6 Å². The van der Waals surface area contributed by atoms with Gasteiger partial charge in [-0.05, 0) is 34.8 Å². The summed E-state index contributed by atoms with van der Waals surface area (Å²) >= 11 is 1.35. The van der Waals surface area contributed by atoms with Crippen molar-refractivity contribution in [2.45, 2.75) is 69.6 Å². The van der Waals surface area contributed by atoms with Crippen molar-refractivity contribution < 1.29 is 24.2 Å². The van der Waals surface area contributed by atoms with Gasteiger partial charge in [-0.15, -0.1) is 11.3 Å². The molecule has 12 heteroatoms. The lowest BCUT2D eigenvalue weighted by Crippen LogP contribution is -2.52. The first kappa shape index (κ1) is 34.5. The number of rotatable bonds is 13. The van der Waals surface area contributed by atoms with Gasteiger partial charge in [0, 0.05) is 42.9 Å². The summed E-state index contributed by atoms with van der Waals surface area (Å²) in [5.41, 5.74) is 1.63. The highest BCUT2D eigenvalue weighted by Gasteiger charge is 2.32. The van der Waals surface area contributed by atoms with Gasteiger partial charge in [-0.1, -0.05) is 74.6 Å². The summed E-state index contributed by atoms with van der Waals surface area (Å²) < 4.78 is 5.43. The third kappa shape index (κ3) is 9.20. The van der Waals surface area contributed by atoms with E-state index in [1.165, 1.54) is 24.1 Å². The molecule has 3 atom stereocenters. The molecule has 49 heavy (non-hydrogen) atoms. The van der Waals surface area contributed by atoms with Gasteiger partial charge >= 0.3 is 0 Å². The molecule has 2 aromatic heterocycles. The molecule has 3 heterocycles. The number of amides is 3. The number of thiazole rings is 1. The third-order valence-corrected chi connectivity index (χ3v) is 10.3. The summed E-state index contributed by atoms with van der Waals surface area (Å²) in [4.78, 5) is 55.1. The van der Waals surface area contributed by atoms with Crippen molar-refractivity contribution in [3.8, 4) is 0 Å². The number of carbonyl (C=O) groups excluding carboxylic acids is 3. The maximum Gasteiger partial charge on any atom is 0.248 e. The molecule has 2 fully saturated rings. The van der Waals surface area contributed by atoms with Crippen molar-refractivity contribution in [1.82, 2.24) is 30.5 Å². The Labute approximate surface area is 290 Å². The number of nitrogens with one attached hydrogen (secondary N) is 3. The summed E-state index contributed by atoms with van der Waals surface area (Å²) in [6.45, 7) is 1.80. The Morgan fingerprint density at radius 1 is 1.04 bits per heavy atom. The molecule has 1 aliphatic carbocycles. The van der Waals surface area contributed by atoms with Crippen molar-refractivity contribution in [2.75, 3.05) is 26.3 Å². The van der Waals surface area contributed by atoms with Gasteiger partial charge < -0.3 is 30.4 Å². The van der Waals surface area contributed by atoms with Gasteiger partial charge in [-0.3, -0.25) is 14.4 Å². The Morgan fingerprint density at radius 2 is 1.84 bits per heavy atom. The second kappa shape index (κ2) is 16.8. The lowest BCUT2D eigenvalue weighted by molar-refractivity contribution is -0.135. The van der Waals surface area contributed by atoms with Crippen LogP contribution in [0.25, 0.3) is 16.8 Å². The molecule has 0 spiro atoms. The molecule has 0 radical (unpaired) electrons. The molecule has 0 unspecified atom stereocenters. The number of benzene rings is 2. The van der Waals surface area contributed by atoms with Crippen LogP contribution >= 0.6 is 11.3 Å². The summed E-state index contributed by atoms with van der Waals surface area (Å²) in [5, 5.41) is 21.7. The topological polar surface area (TPSA) is 150 Å². The van der Waals surface area contributed by atoms with E-state index in [0.717, 1.165) is 42.0 Å². The molecule has 0 bridgehead atoms. The standard InChI is InChI=1S/C37H44N6O5S/c44-33(43-14-16-48-17-15-43)21-28(20-27-11-6-10-26-9-4-5-12-30(26)27)35(46)42-32(22-29-23-38-24-40-29)36(47)41-31(19-25-7-2-1-3-8-25)34(45)37-39-13-18-49-37/h4-6,9-13,18,20,23-25,31-32,34,45H,1-3,7-8,14-17,19,21-22H2,(H,38,40)(H,41,47)(H,42,46)/t31-,32-,34+/m0/s1. The van der Waals surface area contributed by atoms with Gasteiger partial charge in [0.1, 0.15) is 17.2 Å². The van der Waals surface area contributed by atoms with E-state index in [9.17, 15) is 19.5 Å². The van der Waals surface area contributed by atoms with E-state index in [-0.39, 0.29) is 24.3 Å². The van der Waals surface area contributed by atoms with E-state index in [1.807, 2.05) is 42.5 Å². The van der Waals surface area contributed by atoms with Crippen LogP contribution in [0.15, 0.2) is 72.1 Å². The average molecular weight is 685 g/mol. The van der Waals surface area contributed by atoms with Gasteiger partial charge in [-0.2, -0.15) is 0 Å². The van der Waals surface area contributed by atoms with Gasteiger partial charge in [0.15, 0.2) is 0 Å². The SMILES string of the molecule is O=C(N[C@@H](Cc1c[nH]cn1)C(=O)N[C@@H](CC1CCCCC1)[C@@H](O)c1nccs1)C(=Cc1cccc2ccccc12)CC(=O)N1CCOCC1. The molecule has 1 aliphatic heterocycles. The Hall–Kier alpha value is -4.39. The quantitative estimate of drug-likeness (QED) is 0.151.